The van der Waals surface area contributed by atoms with Crippen LogP contribution in [-0.4, -0.2) is 10.5 Å². The van der Waals surface area contributed by atoms with Crippen LogP contribution in [0.1, 0.15) is 61.3 Å². The molecule has 0 saturated heterocycles. The van der Waals surface area contributed by atoms with Crippen molar-refractivity contribution in [2.24, 2.45) is 5.41 Å². The molecule has 1 atom stereocenters. The van der Waals surface area contributed by atoms with Gasteiger partial charge in [0.25, 0.3) is 0 Å². The minimum absolute atomic E-state index is 0. The van der Waals surface area contributed by atoms with Crippen molar-refractivity contribution in [3.05, 3.63) is 44.2 Å². The summed E-state index contributed by atoms with van der Waals surface area (Å²) in [7, 11) is 0. The van der Waals surface area contributed by atoms with Gasteiger partial charge < -0.3 is 24.8 Å². The van der Waals surface area contributed by atoms with Gasteiger partial charge in [-0.05, 0) is 0 Å². The average Bonchev–Trinajstić information content (AvgIpc) is 2.75. The van der Waals surface area contributed by atoms with Crippen molar-refractivity contribution in [1.82, 2.24) is 0 Å². The number of allylic oxidation sites excluding steroid dienone is 5. The number of hydrogen-bond donors (Lipinski definition) is 0. The molecule has 139 valence electrons. The summed E-state index contributed by atoms with van der Waals surface area (Å²) in [5.74, 6) is 0. The maximum Gasteiger partial charge on any atom is -1.00 e. The Morgan fingerprint density at radius 2 is 1.72 bits per heavy atom. The molecule has 0 saturated carbocycles. The second kappa shape index (κ2) is 9.17. The van der Waals surface area contributed by atoms with Crippen molar-refractivity contribution in [2.45, 2.75) is 71.8 Å². The third-order valence-electron chi connectivity index (χ3n) is 3.92. The third kappa shape index (κ3) is 6.59. The van der Waals surface area contributed by atoms with Gasteiger partial charge in [0.1, 0.15) is 0 Å². The van der Waals surface area contributed by atoms with Gasteiger partial charge in [-0.2, -0.15) is 0 Å². The van der Waals surface area contributed by atoms with Crippen LogP contribution in [0.15, 0.2) is 44.2 Å². The first-order chi connectivity index (χ1) is 10.4. The van der Waals surface area contributed by atoms with E-state index >= 15 is 0 Å². The minimum atomic E-state index is -0.318. The fraction of sp³-hybridized carbons (Fsp3) is 0.600. The molecule has 2 rings (SSSR count). The van der Waals surface area contributed by atoms with Gasteiger partial charge in [0.05, 0.1) is 0 Å². The van der Waals surface area contributed by atoms with E-state index in [0.29, 0.717) is 0 Å². The second-order valence-corrected chi connectivity index (χ2v) is 10.7. The number of ether oxygens (including phenoxy) is 1. The summed E-state index contributed by atoms with van der Waals surface area (Å²) in [6.07, 6.45) is 11.2. The van der Waals surface area contributed by atoms with Gasteiger partial charge in [0.2, 0.25) is 0 Å². The van der Waals surface area contributed by atoms with E-state index in [1.165, 1.54) is 19.9 Å². The molecule has 0 aromatic rings. The van der Waals surface area contributed by atoms with Crippen molar-refractivity contribution in [3.8, 4) is 0 Å². The van der Waals surface area contributed by atoms with Crippen molar-refractivity contribution < 1.29 is 50.0 Å². The van der Waals surface area contributed by atoms with Gasteiger partial charge in [-0.25, -0.2) is 0 Å². The van der Waals surface area contributed by atoms with Gasteiger partial charge in [0.15, 0.2) is 0 Å². The maximum absolute atomic E-state index is 6.75. The van der Waals surface area contributed by atoms with Crippen LogP contribution in [0, 0.1) is 5.41 Å². The van der Waals surface area contributed by atoms with E-state index in [-0.39, 0.29) is 40.8 Å². The number of hydrogen-bond acceptors (Lipinski definition) is 2. The molecule has 0 spiro atoms. The predicted molar refractivity (Wildman–Crippen MR) is 97.9 cm³/mol. The van der Waals surface area contributed by atoms with Crippen molar-refractivity contribution in [2.75, 3.05) is 0 Å². The summed E-state index contributed by atoms with van der Waals surface area (Å²) in [4.78, 5) is 1.05. The van der Waals surface area contributed by atoms with E-state index in [1.54, 1.807) is 0 Å². The number of thioether (sulfide) groups is 1. The molecule has 5 heteroatoms. The molecular weight excluding hydrogens is 407 g/mol. The van der Waals surface area contributed by atoms with Gasteiger partial charge >= 0.3 is 158 Å². The summed E-state index contributed by atoms with van der Waals surface area (Å²) in [5.41, 5.74) is 2.62. The maximum atomic E-state index is 6.75. The molecule has 0 N–H and O–H groups in total. The normalized spacial score (nSPS) is 23.7. The SMILES string of the molecule is CC1=CCC(OC(C)(C)C)(SC2=[C]([Ti+2])CC=C2)C(C(C)(C)C)=C1.[Cl-].[Cl-]. The molecule has 2 aliphatic carbocycles. The zero-order valence-electron chi connectivity index (χ0n) is 16.3. The van der Waals surface area contributed by atoms with Crippen LogP contribution in [0.25, 0.3) is 0 Å². The van der Waals surface area contributed by atoms with E-state index in [4.69, 9.17) is 4.74 Å². The standard InChI is InChI=1S/C20H29OS.2ClH.Ti/c1-15-12-13-20(21-19(5,6)7,17(14-15)18(2,3)4)22-16-10-8-9-11-16;;;/h8,10,12,14H,9,13H2,1-7H3;2*1H;/q;;;+2/p-2. The minimum Gasteiger partial charge on any atom is -1.00 e. The first kappa shape index (κ1) is 25.6. The summed E-state index contributed by atoms with van der Waals surface area (Å²) in [6, 6.07) is 0. The molecule has 0 fully saturated rings. The van der Waals surface area contributed by atoms with Crippen LogP contribution >= 0.6 is 11.8 Å². The molecule has 0 radical (unpaired) electrons. The van der Waals surface area contributed by atoms with E-state index in [1.807, 2.05) is 11.8 Å². The van der Waals surface area contributed by atoms with Crippen LogP contribution in [0.2, 0.25) is 0 Å². The molecule has 1 unspecified atom stereocenters. The molecular formula is C20H29Cl2OSTi. The molecule has 25 heavy (non-hydrogen) atoms. The van der Waals surface area contributed by atoms with Crippen LogP contribution in [0.5, 0.6) is 0 Å². The van der Waals surface area contributed by atoms with Crippen molar-refractivity contribution >= 4 is 11.8 Å². The van der Waals surface area contributed by atoms with Crippen LogP contribution in [0.3, 0.4) is 0 Å². The molecule has 0 heterocycles. The summed E-state index contributed by atoms with van der Waals surface area (Å²) in [6.45, 7) is 15.6. The summed E-state index contributed by atoms with van der Waals surface area (Å²) >= 11 is 4.14. The largest absolute Gasteiger partial charge is 1.00 e. The third-order valence-corrected chi connectivity index (χ3v) is 6.34. The quantitative estimate of drug-likeness (QED) is 0.465. The second-order valence-electron chi connectivity index (χ2n) is 8.48. The van der Waals surface area contributed by atoms with Gasteiger partial charge in [-0.15, -0.1) is 0 Å². The number of rotatable bonds is 3. The topological polar surface area (TPSA) is 9.23 Å². The Bertz CT molecular complexity index is 606. The van der Waals surface area contributed by atoms with E-state index < -0.39 is 0 Å². The first-order valence-corrected chi connectivity index (χ1v) is 9.93. The van der Waals surface area contributed by atoms with E-state index in [2.05, 4.69) is 93.2 Å². The molecule has 0 aromatic carbocycles. The van der Waals surface area contributed by atoms with Gasteiger partial charge in [-0.3, -0.25) is 0 Å². The molecule has 0 aliphatic heterocycles. The average molecular weight is 436 g/mol. The van der Waals surface area contributed by atoms with Crippen molar-refractivity contribution in [3.63, 3.8) is 0 Å². The van der Waals surface area contributed by atoms with E-state index in [9.17, 15) is 0 Å². The van der Waals surface area contributed by atoms with Crippen LogP contribution in [0.4, 0.5) is 0 Å². The van der Waals surface area contributed by atoms with E-state index in [0.717, 1.165) is 12.8 Å². The summed E-state index contributed by atoms with van der Waals surface area (Å²) < 4.78 is 8.20. The van der Waals surface area contributed by atoms with Crippen LogP contribution < -0.4 is 24.8 Å². The predicted octanol–water partition coefficient (Wildman–Crippen LogP) is 0.280. The zero-order chi connectivity index (χ0) is 17.5. The Morgan fingerprint density at radius 1 is 1.12 bits per heavy atom. The first-order valence-electron chi connectivity index (χ1n) is 8.33. The Morgan fingerprint density at radius 3 is 2.16 bits per heavy atom. The molecule has 2 aliphatic rings. The monoisotopic (exact) mass is 435 g/mol. The van der Waals surface area contributed by atoms with Gasteiger partial charge in [-0.1, -0.05) is 0 Å². The Hall–Kier alpha value is 0.564. The molecule has 0 amide bonds. The fourth-order valence-corrected chi connectivity index (χ4v) is 5.27. The Balaban J connectivity index is 0.00000288. The smallest absolute Gasteiger partial charge is 1.00 e. The number of halogens is 2. The Labute approximate surface area is 182 Å². The molecule has 0 aromatic heterocycles. The van der Waals surface area contributed by atoms with Gasteiger partial charge in [0, 0.05) is 0 Å². The molecule has 0 bridgehead atoms. The van der Waals surface area contributed by atoms with Crippen molar-refractivity contribution in [1.29, 1.82) is 0 Å². The molecule has 1 nitrogen and oxygen atoms in total. The van der Waals surface area contributed by atoms with Crippen LogP contribution in [-0.2, 0) is 25.2 Å². The Kier molecular flexibility index (Phi) is 9.38. The summed E-state index contributed by atoms with van der Waals surface area (Å²) in [5, 5.41) is 0. The zero-order valence-corrected chi connectivity index (χ0v) is 20.2. The fourth-order valence-electron chi connectivity index (χ4n) is 3.06.